The van der Waals surface area contributed by atoms with Gasteiger partial charge < -0.3 is 10.6 Å². The second-order valence-electron chi connectivity index (χ2n) is 4.24. The fraction of sp³-hybridized carbons (Fsp3) is 0.154. The van der Waals surface area contributed by atoms with Gasteiger partial charge >= 0.3 is 0 Å². The predicted molar refractivity (Wildman–Crippen MR) is 77.0 cm³/mol. The summed E-state index contributed by atoms with van der Waals surface area (Å²) in [6.07, 6.45) is 1.46. The van der Waals surface area contributed by atoms with Crippen molar-refractivity contribution in [2.75, 3.05) is 10.6 Å². The summed E-state index contributed by atoms with van der Waals surface area (Å²) in [5, 5.41) is 12.1. The summed E-state index contributed by atoms with van der Waals surface area (Å²) >= 11 is 6.03. The fourth-order valence-corrected chi connectivity index (χ4v) is 1.89. The summed E-state index contributed by atoms with van der Waals surface area (Å²) in [4.78, 5) is 23.0. The number of rotatable bonds is 3. The number of aryl methyl sites for hydroxylation is 1. The zero-order valence-corrected chi connectivity index (χ0v) is 11.7. The van der Waals surface area contributed by atoms with Crippen molar-refractivity contribution >= 4 is 34.8 Å². The summed E-state index contributed by atoms with van der Waals surface area (Å²) in [5.41, 5.74) is 2.18. The molecule has 0 spiro atoms. The number of anilines is 2. The van der Waals surface area contributed by atoms with Crippen LogP contribution >= 0.6 is 11.6 Å². The average molecular weight is 293 g/mol. The normalized spacial score (nSPS) is 10.2. The highest BCUT2D eigenvalue weighted by Crippen LogP contribution is 2.25. The molecule has 0 aliphatic heterocycles. The Morgan fingerprint density at radius 3 is 2.60 bits per heavy atom. The summed E-state index contributed by atoms with van der Waals surface area (Å²) in [5.74, 6) is -0.489. The number of nitrogens with zero attached hydrogens (tertiary/aromatic N) is 1. The molecule has 2 amide bonds. The lowest BCUT2D eigenvalue weighted by atomic mass is 10.2. The van der Waals surface area contributed by atoms with Gasteiger partial charge in [0.2, 0.25) is 5.91 Å². The van der Waals surface area contributed by atoms with Crippen LogP contribution in [-0.4, -0.2) is 22.0 Å². The van der Waals surface area contributed by atoms with Crippen molar-refractivity contribution in [2.45, 2.75) is 13.8 Å². The van der Waals surface area contributed by atoms with E-state index in [0.717, 1.165) is 0 Å². The molecule has 0 atom stereocenters. The maximum absolute atomic E-state index is 12.0. The number of nitrogens with one attached hydrogen (secondary N) is 3. The van der Waals surface area contributed by atoms with Crippen molar-refractivity contribution in [3.63, 3.8) is 0 Å². The number of benzene rings is 1. The van der Waals surface area contributed by atoms with E-state index in [0.29, 0.717) is 27.7 Å². The maximum Gasteiger partial charge on any atom is 0.259 e. The molecule has 0 unspecified atom stereocenters. The highest BCUT2D eigenvalue weighted by molar-refractivity contribution is 6.34. The van der Waals surface area contributed by atoms with Gasteiger partial charge in [-0.2, -0.15) is 5.10 Å². The second-order valence-corrected chi connectivity index (χ2v) is 4.65. The van der Waals surface area contributed by atoms with Crippen LogP contribution in [0.4, 0.5) is 11.4 Å². The molecular formula is C13H13ClN4O2. The zero-order valence-electron chi connectivity index (χ0n) is 11.0. The summed E-state index contributed by atoms with van der Waals surface area (Å²) in [7, 11) is 0. The highest BCUT2D eigenvalue weighted by atomic mass is 35.5. The Labute approximate surface area is 120 Å². The molecule has 0 aliphatic rings. The van der Waals surface area contributed by atoms with Crippen molar-refractivity contribution in [2.24, 2.45) is 0 Å². The number of aromatic amines is 1. The van der Waals surface area contributed by atoms with Crippen molar-refractivity contribution in [1.29, 1.82) is 0 Å². The molecule has 1 heterocycles. The van der Waals surface area contributed by atoms with E-state index >= 15 is 0 Å². The first-order valence-corrected chi connectivity index (χ1v) is 6.23. The average Bonchev–Trinajstić information content (AvgIpc) is 2.78. The minimum Gasteiger partial charge on any atom is -0.325 e. The third kappa shape index (κ3) is 3.16. The topological polar surface area (TPSA) is 86.9 Å². The van der Waals surface area contributed by atoms with Crippen molar-refractivity contribution in [3.8, 4) is 0 Å². The van der Waals surface area contributed by atoms with Crippen LogP contribution in [0, 0.1) is 6.92 Å². The summed E-state index contributed by atoms with van der Waals surface area (Å²) in [6.45, 7) is 3.16. The number of H-pyrrole nitrogens is 1. The number of hydrogen-bond acceptors (Lipinski definition) is 3. The van der Waals surface area contributed by atoms with Gasteiger partial charge in [0.15, 0.2) is 0 Å². The van der Waals surface area contributed by atoms with Crippen LogP contribution in [0.1, 0.15) is 23.0 Å². The van der Waals surface area contributed by atoms with E-state index in [2.05, 4.69) is 20.8 Å². The Morgan fingerprint density at radius 1 is 1.30 bits per heavy atom. The SMILES string of the molecule is CC(=O)Nc1ccc(NC(=O)c2cn[nH]c2C)cc1Cl. The quantitative estimate of drug-likeness (QED) is 0.812. The minimum atomic E-state index is -0.278. The Morgan fingerprint density at radius 2 is 2.05 bits per heavy atom. The van der Waals surface area contributed by atoms with Gasteiger partial charge in [-0.1, -0.05) is 11.6 Å². The van der Waals surface area contributed by atoms with Gasteiger partial charge in [0.25, 0.3) is 5.91 Å². The predicted octanol–water partition coefficient (Wildman–Crippen LogP) is 2.58. The lowest BCUT2D eigenvalue weighted by Gasteiger charge is -2.08. The first kappa shape index (κ1) is 14.1. The fourth-order valence-electron chi connectivity index (χ4n) is 1.66. The number of carbonyl (C=O) groups is 2. The van der Waals surface area contributed by atoms with Crippen molar-refractivity contribution in [3.05, 3.63) is 40.7 Å². The number of halogens is 1. The monoisotopic (exact) mass is 292 g/mol. The third-order valence-corrected chi connectivity index (χ3v) is 2.92. The molecule has 104 valence electrons. The van der Waals surface area contributed by atoms with E-state index in [-0.39, 0.29) is 11.8 Å². The molecule has 0 fully saturated rings. The molecule has 1 aromatic heterocycles. The molecule has 0 saturated heterocycles. The van der Waals surface area contributed by atoms with E-state index in [1.165, 1.54) is 13.1 Å². The van der Waals surface area contributed by atoms with Gasteiger partial charge in [-0.25, -0.2) is 0 Å². The highest BCUT2D eigenvalue weighted by Gasteiger charge is 2.12. The molecule has 0 saturated carbocycles. The van der Waals surface area contributed by atoms with E-state index < -0.39 is 0 Å². The first-order valence-electron chi connectivity index (χ1n) is 5.86. The van der Waals surface area contributed by atoms with E-state index in [4.69, 9.17) is 11.6 Å². The second kappa shape index (κ2) is 5.75. The first-order chi connectivity index (χ1) is 9.47. The number of aromatic nitrogens is 2. The molecule has 20 heavy (non-hydrogen) atoms. The van der Waals surface area contributed by atoms with Gasteiger partial charge in [0.1, 0.15) is 0 Å². The van der Waals surface area contributed by atoms with Crippen LogP contribution in [-0.2, 0) is 4.79 Å². The van der Waals surface area contributed by atoms with Crippen LogP contribution < -0.4 is 10.6 Å². The van der Waals surface area contributed by atoms with Crippen LogP contribution in [0.15, 0.2) is 24.4 Å². The molecule has 0 radical (unpaired) electrons. The largest absolute Gasteiger partial charge is 0.325 e. The number of amides is 2. The molecule has 3 N–H and O–H groups in total. The van der Waals surface area contributed by atoms with Crippen molar-refractivity contribution < 1.29 is 9.59 Å². The smallest absolute Gasteiger partial charge is 0.259 e. The lowest BCUT2D eigenvalue weighted by molar-refractivity contribution is -0.114. The third-order valence-electron chi connectivity index (χ3n) is 2.61. The van der Waals surface area contributed by atoms with Crippen LogP contribution in [0.25, 0.3) is 0 Å². The van der Waals surface area contributed by atoms with Crippen LogP contribution in [0.3, 0.4) is 0 Å². The Bertz CT molecular complexity index is 666. The molecule has 0 bridgehead atoms. The van der Waals surface area contributed by atoms with Gasteiger partial charge in [-0.15, -0.1) is 0 Å². The molecular weight excluding hydrogens is 280 g/mol. The molecule has 2 aromatic rings. The molecule has 0 aliphatic carbocycles. The van der Waals surface area contributed by atoms with Gasteiger partial charge in [-0.05, 0) is 25.1 Å². The molecule has 6 nitrogen and oxygen atoms in total. The van der Waals surface area contributed by atoms with Crippen LogP contribution in [0.5, 0.6) is 0 Å². The Kier molecular flexibility index (Phi) is 4.05. The number of hydrogen-bond donors (Lipinski definition) is 3. The standard InChI is InChI=1S/C13H13ClN4O2/c1-7-10(6-15-18-7)13(20)17-9-3-4-12(11(14)5-9)16-8(2)19/h3-6H,1-2H3,(H,15,18)(H,16,19)(H,17,20). The molecule has 7 heteroatoms. The summed E-state index contributed by atoms with van der Waals surface area (Å²) in [6, 6.07) is 4.85. The van der Waals surface area contributed by atoms with E-state index in [1.54, 1.807) is 25.1 Å². The van der Waals surface area contributed by atoms with Crippen molar-refractivity contribution in [1.82, 2.24) is 10.2 Å². The lowest BCUT2D eigenvalue weighted by Crippen LogP contribution is -2.12. The van der Waals surface area contributed by atoms with Gasteiger partial charge in [0.05, 0.1) is 22.5 Å². The summed E-state index contributed by atoms with van der Waals surface area (Å²) < 4.78 is 0. The van der Waals surface area contributed by atoms with Gasteiger partial charge in [-0.3, -0.25) is 14.7 Å². The minimum absolute atomic E-state index is 0.210. The molecule has 1 aromatic carbocycles. The molecule has 2 rings (SSSR count). The maximum atomic E-state index is 12.0. The van der Waals surface area contributed by atoms with E-state index in [9.17, 15) is 9.59 Å². The Balaban J connectivity index is 2.15. The van der Waals surface area contributed by atoms with Gasteiger partial charge in [0, 0.05) is 18.3 Å². The zero-order chi connectivity index (χ0) is 14.7. The number of carbonyl (C=O) groups excluding carboxylic acids is 2. The van der Waals surface area contributed by atoms with Crippen LogP contribution in [0.2, 0.25) is 5.02 Å². The van der Waals surface area contributed by atoms with E-state index in [1.807, 2.05) is 0 Å². The Hall–Kier alpha value is -2.34.